The molecule has 1 saturated heterocycles. The standard InChI is InChI=1S/C24H31N3O2/c1-3-27-15-14-26(13-12-23(25)28)17-21(24(27)29)16-20-6-4-5-7-22(20)19-10-8-18(2)9-11-19/h4-11,21H,3,12-17H2,1-2H3,(H2,25,28)/t21-/m0/s1. The van der Waals surface area contributed by atoms with Crippen LogP contribution in [0.5, 0.6) is 0 Å². The summed E-state index contributed by atoms with van der Waals surface area (Å²) in [4.78, 5) is 28.5. The van der Waals surface area contributed by atoms with E-state index in [9.17, 15) is 9.59 Å². The second-order valence-electron chi connectivity index (χ2n) is 7.86. The third-order valence-electron chi connectivity index (χ3n) is 5.73. The fourth-order valence-corrected chi connectivity index (χ4v) is 4.03. The number of benzene rings is 2. The highest BCUT2D eigenvalue weighted by atomic mass is 16.2. The van der Waals surface area contributed by atoms with E-state index < -0.39 is 0 Å². The van der Waals surface area contributed by atoms with E-state index in [1.165, 1.54) is 22.3 Å². The summed E-state index contributed by atoms with van der Waals surface area (Å²) in [7, 11) is 0. The van der Waals surface area contributed by atoms with Gasteiger partial charge in [-0.15, -0.1) is 0 Å². The maximum Gasteiger partial charge on any atom is 0.227 e. The molecular formula is C24H31N3O2. The molecule has 0 radical (unpaired) electrons. The second kappa shape index (κ2) is 9.70. The van der Waals surface area contributed by atoms with Crippen molar-refractivity contribution in [2.75, 3.05) is 32.7 Å². The van der Waals surface area contributed by atoms with Crippen molar-refractivity contribution in [3.05, 3.63) is 59.7 Å². The monoisotopic (exact) mass is 393 g/mol. The van der Waals surface area contributed by atoms with Gasteiger partial charge in [0.15, 0.2) is 0 Å². The highest BCUT2D eigenvalue weighted by molar-refractivity contribution is 5.80. The van der Waals surface area contributed by atoms with E-state index in [1.54, 1.807) is 0 Å². The zero-order valence-electron chi connectivity index (χ0n) is 17.4. The lowest BCUT2D eigenvalue weighted by molar-refractivity contribution is -0.134. The predicted molar refractivity (Wildman–Crippen MR) is 116 cm³/mol. The molecule has 1 heterocycles. The summed E-state index contributed by atoms with van der Waals surface area (Å²) >= 11 is 0. The van der Waals surface area contributed by atoms with Gasteiger partial charge < -0.3 is 15.5 Å². The van der Waals surface area contributed by atoms with Gasteiger partial charge in [0.1, 0.15) is 0 Å². The number of rotatable bonds is 7. The van der Waals surface area contributed by atoms with E-state index in [1.807, 2.05) is 24.0 Å². The molecule has 1 fully saturated rings. The van der Waals surface area contributed by atoms with Gasteiger partial charge in [0, 0.05) is 39.1 Å². The Balaban J connectivity index is 1.85. The fourth-order valence-electron chi connectivity index (χ4n) is 4.03. The van der Waals surface area contributed by atoms with E-state index in [2.05, 4.69) is 48.2 Å². The quantitative estimate of drug-likeness (QED) is 0.787. The topological polar surface area (TPSA) is 66.6 Å². The maximum atomic E-state index is 13.2. The number of primary amides is 1. The third kappa shape index (κ3) is 5.45. The molecule has 2 amide bonds. The van der Waals surface area contributed by atoms with Crippen LogP contribution in [0.4, 0.5) is 0 Å². The summed E-state index contributed by atoms with van der Waals surface area (Å²) in [5.41, 5.74) is 10.1. The van der Waals surface area contributed by atoms with Gasteiger partial charge in [0.25, 0.3) is 0 Å². The number of nitrogens with two attached hydrogens (primary N) is 1. The van der Waals surface area contributed by atoms with Gasteiger partial charge >= 0.3 is 0 Å². The van der Waals surface area contributed by atoms with Gasteiger partial charge in [-0.3, -0.25) is 9.59 Å². The van der Waals surface area contributed by atoms with Crippen LogP contribution in [0.1, 0.15) is 24.5 Å². The van der Waals surface area contributed by atoms with Crippen molar-refractivity contribution in [3.63, 3.8) is 0 Å². The zero-order valence-corrected chi connectivity index (χ0v) is 17.4. The number of aryl methyl sites for hydroxylation is 1. The summed E-state index contributed by atoms with van der Waals surface area (Å²) in [5.74, 6) is -0.223. The van der Waals surface area contributed by atoms with E-state index >= 15 is 0 Å². The SMILES string of the molecule is CCN1CCN(CCC(N)=O)C[C@H](Cc2ccccc2-c2ccc(C)cc2)C1=O. The largest absolute Gasteiger partial charge is 0.370 e. The molecule has 1 aliphatic heterocycles. The molecule has 3 rings (SSSR count). The first-order valence-electron chi connectivity index (χ1n) is 10.4. The van der Waals surface area contributed by atoms with E-state index in [0.29, 0.717) is 39.0 Å². The van der Waals surface area contributed by atoms with Gasteiger partial charge in [-0.1, -0.05) is 54.1 Å². The van der Waals surface area contributed by atoms with Crippen LogP contribution in [0.3, 0.4) is 0 Å². The highest BCUT2D eigenvalue weighted by Gasteiger charge is 2.30. The number of likely N-dealkylation sites (N-methyl/N-ethyl adjacent to an activating group) is 1. The number of carbonyl (C=O) groups excluding carboxylic acids is 2. The average molecular weight is 394 g/mol. The first kappa shape index (κ1) is 21.1. The number of hydrogen-bond donors (Lipinski definition) is 1. The molecule has 154 valence electrons. The van der Waals surface area contributed by atoms with Gasteiger partial charge in [0.05, 0.1) is 5.92 Å². The Labute approximate surface area is 173 Å². The van der Waals surface area contributed by atoms with Crippen molar-refractivity contribution in [3.8, 4) is 11.1 Å². The molecule has 2 aromatic rings. The normalized spacial score (nSPS) is 17.9. The van der Waals surface area contributed by atoms with Crippen molar-refractivity contribution < 1.29 is 9.59 Å². The molecule has 0 unspecified atom stereocenters. The summed E-state index contributed by atoms with van der Waals surface area (Å²) in [6.45, 7) is 7.56. The Morgan fingerprint density at radius 2 is 1.83 bits per heavy atom. The molecule has 0 aliphatic carbocycles. The minimum atomic E-state index is -0.297. The van der Waals surface area contributed by atoms with Gasteiger partial charge in [-0.2, -0.15) is 0 Å². The number of hydrogen-bond acceptors (Lipinski definition) is 3. The second-order valence-corrected chi connectivity index (χ2v) is 7.86. The molecule has 29 heavy (non-hydrogen) atoms. The Kier molecular flexibility index (Phi) is 7.04. The maximum absolute atomic E-state index is 13.2. The van der Waals surface area contributed by atoms with Crippen molar-refractivity contribution in [2.24, 2.45) is 11.7 Å². The summed E-state index contributed by atoms with van der Waals surface area (Å²) in [5, 5.41) is 0. The van der Waals surface area contributed by atoms with Crippen LogP contribution in [-0.4, -0.2) is 54.3 Å². The van der Waals surface area contributed by atoms with Crippen LogP contribution in [0.15, 0.2) is 48.5 Å². The fraction of sp³-hybridized carbons (Fsp3) is 0.417. The molecule has 0 saturated carbocycles. The summed E-state index contributed by atoms with van der Waals surface area (Å²) in [6.07, 6.45) is 1.01. The van der Waals surface area contributed by atoms with Crippen molar-refractivity contribution in [1.29, 1.82) is 0 Å². The molecular weight excluding hydrogens is 362 g/mol. The smallest absolute Gasteiger partial charge is 0.227 e. The number of amides is 2. The Morgan fingerprint density at radius 3 is 2.52 bits per heavy atom. The van der Waals surface area contributed by atoms with Crippen LogP contribution in [0, 0.1) is 12.8 Å². The molecule has 0 bridgehead atoms. The Bertz CT molecular complexity index is 847. The van der Waals surface area contributed by atoms with Gasteiger partial charge in [0.2, 0.25) is 11.8 Å². The van der Waals surface area contributed by atoms with Crippen LogP contribution >= 0.6 is 0 Å². The average Bonchev–Trinajstić information content (AvgIpc) is 2.86. The molecule has 0 aromatic heterocycles. The Hall–Kier alpha value is -2.66. The lowest BCUT2D eigenvalue weighted by Gasteiger charge is -2.24. The molecule has 2 N–H and O–H groups in total. The third-order valence-corrected chi connectivity index (χ3v) is 5.73. The number of carbonyl (C=O) groups is 2. The van der Waals surface area contributed by atoms with Crippen LogP contribution in [0.2, 0.25) is 0 Å². The molecule has 5 nitrogen and oxygen atoms in total. The zero-order chi connectivity index (χ0) is 20.8. The van der Waals surface area contributed by atoms with Crippen LogP contribution in [0.25, 0.3) is 11.1 Å². The predicted octanol–water partition coefficient (Wildman–Crippen LogP) is 2.86. The summed E-state index contributed by atoms with van der Waals surface area (Å²) in [6, 6.07) is 16.9. The minimum Gasteiger partial charge on any atom is -0.370 e. The Morgan fingerprint density at radius 1 is 1.10 bits per heavy atom. The lowest BCUT2D eigenvalue weighted by atomic mass is 9.91. The molecule has 0 spiro atoms. The first-order valence-corrected chi connectivity index (χ1v) is 10.4. The molecule has 1 atom stereocenters. The van der Waals surface area contributed by atoms with Crippen LogP contribution < -0.4 is 5.73 Å². The van der Waals surface area contributed by atoms with Crippen molar-refractivity contribution >= 4 is 11.8 Å². The molecule has 1 aliphatic rings. The van der Waals surface area contributed by atoms with Crippen molar-refractivity contribution in [2.45, 2.75) is 26.7 Å². The van der Waals surface area contributed by atoms with E-state index in [-0.39, 0.29) is 17.7 Å². The van der Waals surface area contributed by atoms with E-state index in [0.717, 1.165) is 6.54 Å². The van der Waals surface area contributed by atoms with Gasteiger partial charge in [-0.05, 0) is 37.0 Å². The number of nitrogens with zero attached hydrogens (tertiary/aromatic N) is 2. The summed E-state index contributed by atoms with van der Waals surface area (Å²) < 4.78 is 0. The first-order chi connectivity index (χ1) is 14.0. The molecule has 2 aromatic carbocycles. The molecule has 5 heteroatoms. The van der Waals surface area contributed by atoms with Crippen molar-refractivity contribution in [1.82, 2.24) is 9.80 Å². The minimum absolute atomic E-state index is 0.128. The van der Waals surface area contributed by atoms with Gasteiger partial charge in [-0.25, -0.2) is 0 Å². The lowest BCUT2D eigenvalue weighted by Crippen LogP contribution is -2.37. The van der Waals surface area contributed by atoms with Crippen LogP contribution in [-0.2, 0) is 16.0 Å². The van der Waals surface area contributed by atoms with E-state index in [4.69, 9.17) is 5.73 Å². The highest BCUT2D eigenvalue weighted by Crippen LogP contribution is 2.27.